The number of carbonyl (C=O) groups excluding carboxylic acids is 2. The average Bonchev–Trinajstić information content (AvgIpc) is 3.54. The highest BCUT2D eigenvalue weighted by Crippen LogP contribution is 2.58. The van der Waals surface area contributed by atoms with Gasteiger partial charge in [0.15, 0.2) is 0 Å². The Bertz CT molecular complexity index is 1210. The lowest BCUT2D eigenvalue weighted by Gasteiger charge is -2.36. The van der Waals surface area contributed by atoms with Crippen molar-refractivity contribution in [1.82, 2.24) is 4.90 Å². The van der Waals surface area contributed by atoms with Gasteiger partial charge in [-0.25, -0.2) is 0 Å². The van der Waals surface area contributed by atoms with Crippen molar-refractivity contribution in [1.29, 1.82) is 0 Å². The van der Waals surface area contributed by atoms with Crippen LogP contribution in [0, 0.1) is 11.8 Å². The van der Waals surface area contributed by atoms with E-state index < -0.39 is 35.6 Å². The maximum absolute atomic E-state index is 14.4. The second-order valence-electron chi connectivity index (χ2n) is 10.3. The average molecular weight is 507 g/mol. The molecule has 5 rings (SSSR count). The molecule has 3 saturated heterocycles. The summed E-state index contributed by atoms with van der Waals surface area (Å²) >= 11 is 0. The third-order valence-electron chi connectivity index (χ3n) is 8.25. The molecule has 3 fully saturated rings. The molecule has 37 heavy (non-hydrogen) atoms. The summed E-state index contributed by atoms with van der Waals surface area (Å²) in [4.78, 5) is 43.6. The van der Waals surface area contributed by atoms with E-state index in [0.717, 1.165) is 23.6 Å². The molecule has 196 valence electrons. The maximum atomic E-state index is 14.4. The largest absolute Gasteiger partial charge is 0.481 e. The highest BCUT2D eigenvalue weighted by Gasteiger charge is 2.74. The van der Waals surface area contributed by atoms with Crippen LogP contribution in [0.5, 0.6) is 0 Å². The molecular formula is C29H34N2O6. The summed E-state index contributed by atoms with van der Waals surface area (Å²) in [5, 5.41) is 21.1. The molecule has 2 aromatic rings. The summed E-state index contributed by atoms with van der Waals surface area (Å²) in [6.07, 6.45) is 5.08. The quantitative estimate of drug-likeness (QED) is 0.358. The molecule has 2 N–H and O–H groups in total. The Labute approximate surface area is 216 Å². The number of aliphatic hydroxyl groups is 1. The van der Waals surface area contributed by atoms with Crippen LogP contribution in [0.1, 0.15) is 38.5 Å². The first kappa shape index (κ1) is 25.4. The number of hydrogen-bond donors (Lipinski definition) is 2. The van der Waals surface area contributed by atoms with E-state index in [1.807, 2.05) is 42.5 Å². The van der Waals surface area contributed by atoms with Gasteiger partial charge >= 0.3 is 5.97 Å². The third kappa shape index (κ3) is 4.22. The monoisotopic (exact) mass is 506 g/mol. The Kier molecular flexibility index (Phi) is 7.05. The number of ether oxygens (including phenoxy) is 1. The number of aliphatic carboxylic acids is 1. The molecule has 5 atom stereocenters. The van der Waals surface area contributed by atoms with Gasteiger partial charge in [-0.15, -0.1) is 6.58 Å². The van der Waals surface area contributed by atoms with Crippen molar-refractivity contribution >= 4 is 34.2 Å². The van der Waals surface area contributed by atoms with E-state index in [4.69, 9.17) is 9.84 Å². The minimum absolute atomic E-state index is 0.118. The highest BCUT2D eigenvalue weighted by atomic mass is 16.5. The molecule has 2 unspecified atom stereocenters. The van der Waals surface area contributed by atoms with Crippen molar-refractivity contribution in [3.63, 3.8) is 0 Å². The number of nitrogens with zero attached hydrogens (tertiary/aromatic N) is 2. The molecule has 0 aliphatic carbocycles. The van der Waals surface area contributed by atoms with Gasteiger partial charge in [-0.1, -0.05) is 49.2 Å². The SMILES string of the molecule is C=CCN(C(=O)C1N(CCCCCCO)C(=O)[C@@H]2[C@@H](C(=O)O)[C@H]3CCC12O3)c1ccc2ccccc2c1. The minimum atomic E-state index is -1.14. The zero-order valence-electron chi connectivity index (χ0n) is 20.9. The van der Waals surface area contributed by atoms with E-state index in [-0.39, 0.29) is 25.0 Å². The Morgan fingerprint density at radius 2 is 1.89 bits per heavy atom. The number of anilines is 1. The Morgan fingerprint density at radius 3 is 2.62 bits per heavy atom. The molecule has 8 nitrogen and oxygen atoms in total. The van der Waals surface area contributed by atoms with Crippen molar-refractivity contribution < 1.29 is 29.3 Å². The Hall–Kier alpha value is -3.23. The van der Waals surface area contributed by atoms with E-state index in [1.54, 1.807) is 15.9 Å². The molecule has 0 aromatic heterocycles. The van der Waals surface area contributed by atoms with Gasteiger partial charge in [-0.3, -0.25) is 14.4 Å². The summed E-state index contributed by atoms with van der Waals surface area (Å²) in [5.41, 5.74) is -0.440. The molecule has 3 aliphatic heterocycles. The zero-order chi connectivity index (χ0) is 26.2. The summed E-state index contributed by atoms with van der Waals surface area (Å²) in [5.74, 6) is -3.42. The van der Waals surface area contributed by atoms with Gasteiger partial charge in [0.2, 0.25) is 5.91 Å². The summed E-state index contributed by atoms with van der Waals surface area (Å²) in [7, 11) is 0. The van der Waals surface area contributed by atoms with Crippen LogP contribution in [0.2, 0.25) is 0 Å². The predicted molar refractivity (Wildman–Crippen MR) is 139 cm³/mol. The number of carboxylic acids is 1. The van der Waals surface area contributed by atoms with E-state index in [1.165, 1.54) is 0 Å². The number of hydrogen-bond acceptors (Lipinski definition) is 5. The van der Waals surface area contributed by atoms with Gasteiger partial charge in [0.1, 0.15) is 11.6 Å². The lowest BCUT2D eigenvalue weighted by Crippen LogP contribution is -2.56. The van der Waals surface area contributed by atoms with Gasteiger partial charge in [0.25, 0.3) is 5.91 Å². The number of unbranched alkanes of at least 4 members (excludes halogenated alkanes) is 3. The number of carbonyl (C=O) groups is 3. The molecule has 3 aliphatic rings. The fraction of sp³-hybridized carbons (Fsp3) is 0.483. The number of carboxylic acid groups (broad SMARTS) is 1. The Morgan fingerprint density at radius 1 is 1.14 bits per heavy atom. The molecule has 1 spiro atoms. The number of benzene rings is 2. The zero-order valence-corrected chi connectivity index (χ0v) is 20.9. The van der Waals surface area contributed by atoms with Gasteiger partial charge in [0.05, 0.1) is 17.9 Å². The molecular weight excluding hydrogens is 472 g/mol. The molecule has 2 aromatic carbocycles. The maximum Gasteiger partial charge on any atom is 0.310 e. The third-order valence-corrected chi connectivity index (χ3v) is 8.25. The first-order valence-corrected chi connectivity index (χ1v) is 13.2. The molecule has 0 saturated carbocycles. The highest BCUT2D eigenvalue weighted by molar-refractivity contribution is 6.05. The topological polar surface area (TPSA) is 107 Å². The second-order valence-corrected chi connectivity index (χ2v) is 10.3. The van der Waals surface area contributed by atoms with Crippen molar-refractivity contribution in [3.8, 4) is 0 Å². The first-order chi connectivity index (χ1) is 17.9. The van der Waals surface area contributed by atoms with E-state index >= 15 is 0 Å². The minimum Gasteiger partial charge on any atom is -0.481 e. The number of rotatable bonds is 11. The van der Waals surface area contributed by atoms with Gasteiger partial charge in [-0.2, -0.15) is 0 Å². The predicted octanol–water partition coefficient (Wildman–Crippen LogP) is 3.37. The molecule has 8 heteroatoms. The fourth-order valence-corrected chi connectivity index (χ4v) is 6.65. The van der Waals surface area contributed by atoms with E-state index in [9.17, 15) is 19.5 Å². The number of aliphatic hydroxyl groups excluding tert-OH is 1. The van der Waals surface area contributed by atoms with E-state index in [2.05, 4.69) is 6.58 Å². The normalized spacial score (nSPS) is 28.0. The number of likely N-dealkylation sites (tertiary alicyclic amines) is 1. The number of fused-ring (bicyclic) bond motifs is 2. The summed E-state index contributed by atoms with van der Waals surface area (Å²) in [6.45, 7) is 4.57. The van der Waals surface area contributed by atoms with Crippen LogP contribution in [0.3, 0.4) is 0 Å². The van der Waals surface area contributed by atoms with Crippen molar-refractivity contribution in [3.05, 3.63) is 55.1 Å². The second kappa shape index (κ2) is 10.3. The van der Waals surface area contributed by atoms with Gasteiger partial charge in [-0.05, 0) is 48.6 Å². The smallest absolute Gasteiger partial charge is 0.310 e. The lowest BCUT2D eigenvalue weighted by molar-refractivity contribution is -0.149. The molecule has 0 radical (unpaired) electrons. The fourth-order valence-electron chi connectivity index (χ4n) is 6.65. The molecule has 2 amide bonds. The summed E-state index contributed by atoms with van der Waals surface area (Å²) < 4.78 is 6.32. The van der Waals surface area contributed by atoms with Crippen LogP contribution in [-0.2, 0) is 19.1 Å². The first-order valence-electron chi connectivity index (χ1n) is 13.2. The molecule has 3 heterocycles. The standard InChI is InChI=1S/C29H34N2O6/c1-2-15-30(21-12-11-19-9-5-6-10-20(19)18-21)27(34)25-29-14-13-22(37-29)23(28(35)36)24(29)26(33)31(25)16-7-3-4-8-17-32/h2,5-6,9-12,18,22-25,32H,1,3-4,7-8,13-17H2,(H,35,36)/t22-,23+,24+,25?,29?/m1/s1. The molecule has 2 bridgehead atoms. The summed E-state index contributed by atoms with van der Waals surface area (Å²) in [6, 6.07) is 12.8. The Balaban J connectivity index is 1.51. The van der Waals surface area contributed by atoms with Gasteiger partial charge < -0.3 is 24.7 Å². The van der Waals surface area contributed by atoms with Crippen molar-refractivity contribution in [2.75, 3.05) is 24.6 Å². The van der Waals surface area contributed by atoms with Crippen molar-refractivity contribution in [2.45, 2.75) is 56.3 Å². The van der Waals surface area contributed by atoms with Crippen LogP contribution in [0.25, 0.3) is 10.8 Å². The van der Waals surface area contributed by atoms with Crippen molar-refractivity contribution in [2.24, 2.45) is 11.8 Å². The van der Waals surface area contributed by atoms with Crippen LogP contribution < -0.4 is 4.90 Å². The number of amides is 2. The van der Waals surface area contributed by atoms with Crippen LogP contribution in [-0.4, -0.2) is 70.3 Å². The lowest BCUT2D eigenvalue weighted by atomic mass is 9.70. The van der Waals surface area contributed by atoms with Gasteiger partial charge in [0, 0.05) is 25.4 Å². The van der Waals surface area contributed by atoms with Crippen LogP contribution in [0.4, 0.5) is 5.69 Å². The van der Waals surface area contributed by atoms with Crippen LogP contribution in [0.15, 0.2) is 55.1 Å². The van der Waals surface area contributed by atoms with Crippen LogP contribution >= 0.6 is 0 Å². The van der Waals surface area contributed by atoms with E-state index in [0.29, 0.717) is 37.9 Å².